The van der Waals surface area contributed by atoms with Crippen molar-refractivity contribution in [2.24, 2.45) is 0 Å². The van der Waals surface area contributed by atoms with Gasteiger partial charge in [-0.3, -0.25) is 0 Å². The van der Waals surface area contributed by atoms with E-state index in [-0.39, 0.29) is 6.03 Å². The van der Waals surface area contributed by atoms with E-state index in [4.69, 9.17) is 4.74 Å². The van der Waals surface area contributed by atoms with Crippen LogP contribution >= 0.6 is 11.8 Å². The van der Waals surface area contributed by atoms with Crippen LogP contribution in [0.25, 0.3) is 0 Å². The maximum atomic E-state index is 12.0. The number of rotatable bonds is 2. The predicted octanol–water partition coefficient (Wildman–Crippen LogP) is 1.67. The zero-order valence-corrected chi connectivity index (χ0v) is 10.5. The molecule has 0 saturated carbocycles. The monoisotopic (exact) mass is 253 g/mol. The van der Waals surface area contributed by atoms with Gasteiger partial charge in [0.05, 0.1) is 7.11 Å². The van der Waals surface area contributed by atoms with Gasteiger partial charge in [-0.1, -0.05) is 0 Å². The van der Waals surface area contributed by atoms with Crippen molar-refractivity contribution in [3.05, 3.63) is 18.3 Å². The number of nitrogens with one attached hydrogen (secondary N) is 1. The number of carbonyl (C=O) groups excluding carboxylic acids is 1. The second-order valence-electron chi connectivity index (χ2n) is 3.59. The van der Waals surface area contributed by atoms with Crippen LogP contribution in [-0.4, -0.2) is 47.6 Å². The molecule has 2 heterocycles. The molecule has 2 amide bonds. The Morgan fingerprint density at radius 1 is 1.53 bits per heavy atom. The number of nitrogens with zero attached hydrogens (tertiary/aromatic N) is 2. The van der Waals surface area contributed by atoms with Crippen molar-refractivity contribution < 1.29 is 9.53 Å². The van der Waals surface area contributed by atoms with Gasteiger partial charge in [-0.05, 0) is 12.1 Å². The molecule has 1 aliphatic heterocycles. The summed E-state index contributed by atoms with van der Waals surface area (Å²) in [7, 11) is 1.54. The molecule has 5 nitrogen and oxygen atoms in total. The molecule has 1 saturated heterocycles. The van der Waals surface area contributed by atoms with E-state index in [2.05, 4.69) is 10.3 Å². The molecule has 0 unspecified atom stereocenters. The van der Waals surface area contributed by atoms with Crippen LogP contribution in [0.3, 0.4) is 0 Å². The second-order valence-corrected chi connectivity index (χ2v) is 4.81. The molecule has 1 N–H and O–H groups in total. The fourth-order valence-electron chi connectivity index (χ4n) is 1.61. The Morgan fingerprint density at radius 3 is 3.00 bits per heavy atom. The van der Waals surface area contributed by atoms with Crippen LogP contribution in [0.4, 0.5) is 10.5 Å². The molecule has 92 valence electrons. The molecule has 1 aliphatic rings. The molecule has 1 aromatic heterocycles. The third kappa shape index (κ3) is 3.03. The highest BCUT2D eigenvalue weighted by atomic mass is 32.2. The lowest BCUT2D eigenvalue weighted by Crippen LogP contribution is -2.40. The summed E-state index contributed by atoms with van der Waals surface area (Å²) in [4.78, 5) is 17.8. The molecule has 0 aliphatic carbocycles. The number of anilines is 1. The summed E-state index contributed by atoms with van der Waals surface area (Å²) in [5, 5.41) is 2.82. The van der Waals surface area contributed by atoms with Gasteiger partial charge in [0.15, 0.2) is 0 Å². The van der Waals surface area contributed by atoms with E-state index in [1.807, 2.05) is 16.7 Å². The lowest BCUT2D eigenvalue weighted by atomic mass is 10.4. The number of aromatic nitrogens is 1. The third-order valence-corrected chi connectivity index (χ3v) is 3.45. The van der Waals surface area contributed by atoms with Crippen molar-refractivity contribution in [3.8, 4) is 5.88 Å². The predicted molar refractivity (Wildman–Crippen MR) is 68.7 cm³/mol. The first-order valence-corrected chi connectivity index (χ1v) is 6.59. The average molecular weight is 253 g/mol. The van der Waals surface area contributed by atoms with Crippen molar-refractivity contribution >= 4 is 23.5 Å². The number of hydrogen-bond acceptors (Lipinski definition) is 4. The Kier molecular flexibility index (Phi) is 4.08. The summed E-state index contributed by atoms with van der Waals surface area (Å²) in [5.74, 6) is 2.43. The number of ether oxygens (including phenoxy) is 1. The molecular formula is C11H15N3O2S. The van der Waals surface area contributed by atoms with Gasteiger partial charge in [-0.15, -0.1) is 0 Å². The van der Waals surface area contributed by atoms with Gasteiger partial charge in [0.2, 0.25) is 5.88 Å². The number of urea groups is 1. The molecule has 1 aromatic rings. The molecule has 2 rings (SSSR count). The lowest BCUT2D eigenvalue weighted by Gasteiger charge is -2.26. The van der Waals surface area contributed by atoms with Crippen molar-refractivity contribution in [1.82, 2.24) is 9.88 Å². The SMILES string of the molecule is COc1ncccc1NC(=O)N1CCSCC1. The zero-order chi connectivity index (χ0) is 12.1. The quantitative estimate of drug-likeness (QED) is 0.871. The molecule has 0 bridgehead atoms. The molecule has 17 heavy (non-hydrogen) atoms. The number of methoxy groups -OCH3 is 1. The maximum Gasteiger partial charge on any atom is 0.322 e. The van der Waals surface area contributed by atoms with Crippen molar-refractivity contribution in [2.75, 3.05) is 37.0 Å². The molecular weight excluding hydrogens is 238 g/mol. The Labute approximate surface area is 105 Å². The van der Waals surface area contributed by atoms with Gasteiger partial charge in [-0.2, -0.15) is 11.8 Å². The van der Waals surface area contributed by atoms with Crippen LogP contribution in [0.1, 0.15) is 0 Å². The number of pyridine rings is 1. The summed E-state index contributed by atoms with van der Waals surface area (Å²) in [6.45, 7) is 1.58. The Balaban J connectivity index is 2.01. The smallest absolute Gasteiger partial charge is 0.322 e. The second kappa shape index (κ2) is 5.77. The van der Waals surface area contributed by atoms with E-state index in [0.29, 0.717) is 11.6 Å². The fraction of sp³-hybridized carbons (Fsp3) is 0.455. The summed E-state index contributed by atoms with van der Waals surface area (Å²) < 4.78 is 5.09. The number of thioether (sulfide) groups is 1. The Morgan fingerprint density at radius 2 is 2.29 bits per heavy atom. The zero-order valence-electron chi connectivity index (χ0n) is 9.68. The fourth-order valence-corrected chi connectivity index (χ4v) is 2.51. The van der Waals surface area contributed by atoms with Gasteiger partial charge >= 0.3 is 6.03 Å². The first-order valence-electron chi connectivity index (χ1n) is 5.44. The molecule has 6 heteroatoms. The summed E-state index contributed by atoms with van der Waals surface area (Å²) >= 11 is 1.87. The summed E-state index contributed by atoms with van der Waals surface area (Å²) in [5.41, 5.74) is 0.609. The lowest BCUT2D eigenvalue weighted by molar-refractivity contribution is 0.217. The Hall–Kier alpha value is -1.43. The van der Waals surface area contributed by atoms with Crippen LogP contribution in [0.15, 0.2) is 18.3 Å². The van der Waals surface area contributed by atoms with Crippen LogP contribution < -0.4 is 10.1 Å². The topological polar surface area (TPSA) is 54.5 Å². The van der Waals surface area contributed by atoms with Gasteiger partial charge in [-0.25, -0.2) is 9.78 Å². The normalized spacial score (nSPS) is 15.5. The standard InChI is InChI=1S/C11H15N3O2S/c1-16-10-9(3-2-4-12-10)13-11(15)14-5-7-17-8-6-14/h2-4H,5-8H2,1H3,(H,13,15). The van der Waals surface area contributed by atoms with Gasteiger partial charge < -0.3 is 15.0 Å². The number of carbonyl (C=O) groups is 1. The minimum atomic E-state index is -0.0865. The average Bonchev–Trinajstić information content (AvgIpc) is 2.40. The van der Waals surface area contributed by atoms with Crippen molar-refractivity contribution in [2.45, 2.75) is 0 Å². The van der Waals surface area contributed by atoms with Gasteiger partial charge in [0.25, 0.3) is 0 Å². The molecule has 0 aromatic carbocycles. The highest BCUT2D eigenvalue weighted by molar-refractivity contribution is 7.99. The van der Waals surface area contributed by atoms with Crippen LogP contribution in [0.5, 0.6) is 5.88 Å². The summed E-state index contributed by atoms with van der Waals surface area (Å²) in [6.07, 6.45) is 1.63. The van der Waals surface area contributed by atoms with Crippen LogP contribution in [-0.2, 0) is 0 Å². The van der Waals surface area contributed by atoms with E-state index in [1.54, 1.807) is 18.3 Å². The highest BCUT2D eigenvalue weighted by Crippen LogP contribution is 2.20. The summed E-state index contributed by atoms with van der Waals surface area (Å²) in [6, 6.07) is 3.46. The Bertz CT molecular complexity index is 394. The maximum absolute atomic E-state index is 12.0. The molecule has 0 spiro atoms. The highest BCUT2D eigenvalue weighted by Gasteiger charge is 2.17. The van der Waals surface area contributed by atoms with E-state index in [0.717, 1.165) is 24.6 Å². The molecule has 0 radical (unpaired) electrons. The van der Waals surface area contributed by atoms with E-state index in [9.17, 15) is 4.79 Å². The van der Waals surface area contributed by atoms with E-state index in [1.165, 1.54) is 7.11 Å². The van der Waals surface area contributed by atoms with Crippen LogP contribution in [0.2, 0.25) is 0 Å². The minimum Gasteiger partial charge on any atom is -0.480 e. The number of amides is 2. The largest absolute Gasteiger partial charge is 0.480 e. The molecule has 1 fully saturated rings. The van der Waals surface area contributed by atoms with Crippen molar-refractivity contribution in [1.29, 1.82) is 0 Å². The first kappa shape index (κ1) is 12.0. The van der Waals surface area contributed by atoms with Crippen LogP contribution in [0, 0.1) is 0 Å². The minimum absolute atomic E-state index is 0.0865. The van der Waals surface area contributed by atoms with Gasteiger partial charge in [0.1, 0.15) is 5.69 Å². The van der Waals surface area contributed by atoms with E-state index >= 15 is 0 Å². The number of hydrogen-bond donors (Lipinski definition) is 1. The van der Waals surface area contributed by atoms with E-state index < -0.39 is 0 Å². The molecule has 0 atom stereocenters. The third-order valence-electron chi connectivity index (χ3n) is 2.50. The first-order chi connectivity index (χ1) is 8.31. The van der Waals surface area contributed by atoms with Crippen molar-refractivity contribution in [3.63, 3.8) is 0 Å². The van der Waals surface area contributed by atoms with Gasteiger partial charge in [0, 0.05) is 30.8 Å².